The van der Waals surface area contributed by atoms with Crippen LogP contribution in [0.15, 0.2) is 64.7 Å². The molecule has 1 amide bonds. The number of hydrogen-bond acceptors (Lipinski definition) is 6. The van der Waals surface area contributed by atoms with Crippen LogP contribution in [0.2, 0.25) is 0 Å². The second-order valence-corrected chi connectivity index (χ2v) is 9.16. The predicted molar refractivity (Wildman–Crippen MR) is 124 cm³/mol. The summed E-state index contributed by atoms with van der Waals surface area (Å²) in [7, 11) is 0. The third-order valence-electron chi connectivity index (χ3n) is 6.23. The van der Waals surface area contributed by atoms with Gasteiger partial charge < -0.3 is 20.5 Å². The van der Waals surface area contributed by atoms with Crippen molar-refractivity contribution in [2.45, 2.75) is 30.1 Å². The van der Waals surface area contributed by atoms with Crippen LogP contribution in [-0.4, -0.2) is 36.8 Å². The number of nitrogens with zero attached hydrogens (tertiary/aromatic N) is 1. The van der Waals surface area contributed by atoms with E-state index in [0.717, 1.165) is 29.9 Å². The summed E-state index contributed by atoms with van der Waals surface area (Å²) in [5.41, 5.74) is 9.96. The maximum absolute atomic E-state index is 12.7. The van der Waals surface area contributed by atoms with Crippen molar-refractivity contribution in [3.8, 4) is 0 Å². The summed E-state index contributed by atoms with van der Waals surface area (Å²) in [4.78, 5) is 19.0. The predicted octanol–water partition coefficient (Wildman–Crippen LogP) is 4.34. The maximum atomic E-state index is 12.7. The van der Waals surface area contributed by atoms with E-state index in [1.165, 1.54) is 5.56 Å². The number of aliphatic imine (C=N–C) groups is 1. The number of rotatable bonds is 4. The molecule has 31 heavy (non-hydrogen) atoms. The highest BCUT2D eigenvalue weighted by atomic mass is 32.2. The standard InChI is InChI=1S/C24H25N3O3S/c25-18-3-1-2-4-19(18)26-22(28)16-5-7-17(8-6-16)24(10-13-29-14-11-24)23-27-20-9-12-30-15-21(20)31-23/h1-8,15,23H,9-14,25H2,(H,26,28). The number of nitrogens with one attached hydrogen (secondary N) is 1. The molecule has 1 saturated heterocycles. The average molecular weight is 436 g/mol. The molecule has 3 heterocycles. The number of allylic oxidation sites excluding steroid dienone is 1. The van der Waals surface area contributed by atoms with Crippen molar-refractivity contribution in [3.63, 3.8) is 0 Å². The molecule has 6 nitrogen and oxygen atoms in total. The number of carbonyl (C=O) groups excluding carboxylic acids is 1. The van der Waals surface area contributed by atoms with Gasteiger partial charge in [0, 0.05) is 30.6 Å². The van der Waals surface area contributed by atoms with Crippen LogP contribution in [0.5, 0.6) is 0 Å². The van der Waals surface area contributed by atoms with Gasteiger partial charge in [0.05, 0.1) is 34.9 Å². The molecule has 0 aliphatic carbocycles. The molecule has 160 valence electrons. The number of ether oxygens (including phenoxy) is 2. The first kappa shape index (κ1) is 20.2. The van der Waals surface area contributed by atoms with Gasteiger partial charge >= 0.3 is 0 Å². The van der Waals surface area contributed by atoms with Crippen LogP contribution in [0.25, 0.3) is 0 Å². The summed E-state index contributed by atoms with van der Waals surface area (Å²) in [5.74, 6) is -0.172. The Kier molecular flexibility index (Phi) is 5.46. The zero-order chi connectivity index (χ0) is 21.3. The number of nitrogens with two attached hydrogens (primary N) is 1. The third kappa shape index (κ3) is 3.83. The summed E-state index contributed by atoms with van der Waals surface area (Å²) in [5, 5.41) is 2.99. The molecule has 3 N–H and O–H groups in total. The number of nitrogen functional groups attached to an aromatic ring is 1. The van der Waals surface area contributed by atoms with Crippen molar-refractivity contribution in [2.24, 2.45) is 4.99 Å². The highest BCUT2D eigenvalue weighted by Gasteiger charge is 2.46. The Labute approximate surface area is 185 Å². The van der Waals surface area contributed by atoms with E-state index in [9.17, 15) is 4.79 Å². The number of amides is 1. The maximum Gasteiger partial charge on any atom is 0.255 e. The quantitative estimate of drug-likeness (QED) is 0.698. The van der Waals surface area contributed by atoms with Crippen molar-refractivity contribution < 1.29 is 14.3 Å². The molecule has 1 unspecified atom stereocenters. The molecule has 2 aromatic rings. The Balaban J connectivity index is 1.40. The topological polar surface area (TPSA) is 85.9 Å². The second-order valence-electron chi connectivity index (χ2n) is 8.04. The number of hydrogen-bond donors (Lipinski definition) is 2. The highest BCUT2D eigenvalue weighted by molar-refractivity contribution is 8.05. The van der Waals surface area contributed by atoms with Gasteiger partial charge in [0.2, 0.25) is 0 Å². The molecule has 0 spiro atoms. The monoisotopic (exact) mass is 435 g/mol. The minimum atomic E-state index is -0.172. The number of anilines is 2. The van der Waals surface area contributed by atoms with Gasteiger partial charge in [-0.05, 0) is 42.7 Å². The highest BCUT2D eigenvalue weighted by Crippen LogP contribution is 2.49. The molecule has 3 aliphatic rings. The average Bonchev–Trinajstić information content (AvgIpc) is 3.26. The number of para-hydroxylation sites is 2. The van der Waals surface area contributed by atoms with Crippen LogP contribution in [0, 0.1) is 0 Å². The van der Waals surface area contributed by atoms with Crippen molar-refractivity contribution in [2.75, 3.05) is 30.9 Å². The molecule has 1 fully saturated rings. The first-order chi connectivity index (χ1) is 15.2. The molecule has 5 rings (SSSR count). The van der Waals surface area contributed by atoms with Crippen LogP contribution < -0.4 is 11.1 Å². The minimum Gasteiger partial charge on any atom is -0.500 e. The summed E-state index contributed by atoms with van der Waals surface area (Å²) in [6, 6.07) is 15.2. The van der Waals surface area contributed by atoms with E-state index < -0.39 is 0 Å². The largest absolute Gasteiger partial charge is 0.500 e. The molecular weight excluding hydrogens is 410 g/mol. The minimum absolute atomic E-state index is 0.100. The van der Waals surface area contributed by atoms with E-state index in [1.807, 2.05) is 30.5 Å². The molecule has 3 aliphatic heterocycles. The first-order valence-electron chi connectivity index (χ1n) is 10.6. The zero-order valence-electron chi connectivity index (χ0n) is 17.2. The Morgan fingerprint density at radius 2 is 1.87 bits per heavy atom. The van der Waals surface area contributed by atoms with Crippen molar-refractivity contribution >= 4 is 34.8 Å². The number of carbonyl (C=O) groups is 1. The SMILES string of the molecule is Nc1ccccc1NC(=O)c1ccc(C2(C3N=C4CCOC=C4S3)CCOCC2)cc1. The van der Waals surface area contributed by atoms with E-state index in [-0.39, 0.29) is 16.7 Å². The first-order valence-corrected chi connectivity index (χ1v) is 11.4. The van der Waals surface area contributed by atoms with Gasteiger partial charge in [0.25, 0.3) is 5.91 Å². The molecule has 0 aromatic heterocycles. The lowest BCUT2D eigenvalue weighted by Crippen LogP contribution is -2.41. The summed E-state index contributed by atoms with van der Waals surface area (Å²) in [6.45, 7) is 2.13. The van der Waals surface area contributed by atoms with Crippen molar-refractivity contribution in [1.82, 2.24) is 0 Å². The lowest BCUT2D eigenvalue weighted by Gasteiger charge is -2.40. The van der Waals surface area contributed by atoms with E-state index >= 15 is 0 Å². The van der Waals surface area contributed by atoms with E-state index in [0.29, 0.717) is 36.8 Å². The van der Waals surface area contributed by atoms with Crippen molar-refractivity contribution in [3.05, 3.63) is 70.8 Å². The fourth-order valence-corrected chi connectivity index (χ4v) is 5.83. The zero-order valence-corrected chi connectivity index (χ0v) is 18.0. The fourth-order valence-electron chi connectivity index (χ4n) is 4.40. The Morgan fingerprint density at radius 3 is 2.61 bits per heavy atom. The van der Waals surface area contributed by atoms with Crippen LogP contribution >= 0.6 is 11.8 Å². The third-order valence-corrected chi connectivity index (χ3v) is 7.60. The summed E-state index contributed by atoms with van der Waals surface area (Å²) >= 11 is 1.79. The smallest absolute Gasteiger partial charge is 0.255 e. The van der Waals surface area contributed by atoms with Crippen molar-refractivity contribution in [1.29, 1.82) is 0 Å². The molecule has 0 saturated carbocycles. The Hall–Kier alpha value is -2.77. The molecular formula is C24H25N3O3S. The van der Waals surface area contributed by atoms with Gasteiger partial charge in [0.1, 0.15) is 5.37 Å². The van der Waals surface area contributed by atoms with Crippen LogP contribution in [0.4, 0.5) is 11.4 Å². The summed E-state index contributed by atoms with van der Waals surface area (Å²) in [6.07, 6.45) is 4.52. The second kappa shape index (κ2) is 8.40. The van der Waals surface area contributed by atoms with Gasteiger partial charge in [-0.25, -0.2) is 0 Å². The van der Waals surface area contributed by atoms with E-state index in [1.54, 1.807) is 23.9 Å². The number of fused-ring (bicyclic) bond motifs is 1. The molecule has 0 radical (unpaired) electrons. The lowest BCUT2D eigenvalue weighted by atomic mass is 9.73. The normalized spacial score (nSPS) is 22.0. The van der Waals surface area contributed by atoms with Gasteiger partial charge in [0.15, 0.2) is 0 Å². The van der Waals surface area contributed by atoms with Gasteiger partial charge in [-0.2, -0.15) is 0 Å². The molecule has 7 heteroatoms. The number of benzene rings is 2. The summed E-state index contributed by atoms with van der Waals surface area (Å²) < 4.78 is 11.2. The Morgan fingerprint density at radius 1 is 1.10 bits per heavy atom. The van der Waals surface area contributed by atoms with Gasteiger partial charge in [-0.15, -0.1) is 0 Å². The lowest BCUT2D eigenvalue weighted by molar-refractivity contribution is 0.0499. The number of thioether (sulfide) groups is 1. The van der Waals surface area contributed by atoms with Gasteiger partial charge in [-0.3, -0.25) is 9.79 Å². The molecule has 1 atom stereocenters. The van der Waals surface area contributed by atoms with Crippen LogP contribution in [-0.2, 0) is 14.9 Å². The fraction of sp³-hybridized carbons (Fsp3) is 0.333. The molecule has 0 bridgehead atoms. The van der Waals surface area contributed by atoms with Crippen LogP contribution in [0.3, 0.4) is 0 Å². The van der Waals surface area contributed by atoms with Crippen LogP contribution in [0.1, 0.15) is 35.2 Å². The van der Waals surface area contributed by atoms with E-state index in [2.05, 4.69) is 17.4 Å². The molecule has 2 aromatic carbocycles. The van der Waals surface area contributed by atoms with Gasteiger partial charge in [-0.1, -0.05) is 36.0 Å². The van der Waals surface area contributed by atoms with E-state index in [4.69, 9.17) is 20.2 Å². The Bertz CT molecular complexity index is 1040.